The molecule has 0 aliphatic rings. The topological polar surface area (TPSA) is 132 Å². The molecule has 16 heavy (non-hydrogen) atoms. The van der Waals surface area contributed by atoms with Crippen molar-refractivity contribution in [3.05, 3.63) is 0 Å². The van der Waals surface area contributed by atoms with E-state index in [9.17, 15) is 14.7 Å². The van der Waals surface area contributed by atoms with Crippen molar-refractivity contribution in [2.24, 2.45) is 22.6 Å². The van der Waals surface area contributed by atoms with Crippen molar-refractivity contribution in [1.82, 2.24) is 0 Å². The Kier molecular flexibility index (Phi) is 5.21. The molecule has 0 heterocycles. The molecule has 0 fully saturated rings. The number of nitrogens with two attached hydrogens (primary N) is 3. The van der Waals surface area contributed by atoms with Crippen LogP contribution in [0.15, 0.2) is 0 Å². The molecule has 94 valence electrons. The fraction of sp³-hybridized carbons (Fsp3) is 0.800. The second-order valence-electron chi connectivity index (χ2n) is 4.83. The Balaban J connectivity index is 4.68. The Labute approximate surface area is 95.2 Å². The molecule has 3 atom stereocenters. The monoisotopic (exact) mass is 231 g/mol. The third-order valence-electron chi connectivity index (χ3n) is 2.35. The van der Waals surface area contributed by atoms with Crippen LogP contribution in [0.4, 0.5) is 0 Å². The van der Waals surface area contributed by atoms with Crippen LogP contribution in [-0.2, 0) is 9.59 Å². The molecular formula is C10H21N3O3. The summed E-state index contributed by atoms with van der Waals surface area (Å²) in [5, 5.41) is 9.67. The lowest BCUT2D eigenvalue weighted by Crippen LogP contribution is -2.57. The zero-order valence-corrected chi connectivity index (χ0v) is 9.93. The molecule has 0 amide bonds. The third kappa shape index (κ3) is 3.64. The van der Waals surface area contributed by atoms with Gasteiger partial charge >= 0.3 is 0 Å². The van der Waals surface area contributed by atoms with Crippen molar-refractivity contribution in [1.29, 1.82) is 0 Å². The summed E-state index contributed by atoms with van der Waals surface area (Å²) < 4.78 is 0. The maximum absolute atomic E-state index is 11.7. The highest BCUT2D eigenvalue weighted by molar-refractivity contribution is 5.91. The summed E-state index contributed by atoms with van der Waals surface area (Å²) in [5.41, 5.74) is 15.4. The maximum atomic E-state index is 11.7. The van der Waals surface area contributed by atoms with E-state index < -0.39 is 29.4 Å². The molecule has 0 bridgehead atoms. The SMILES string of the molecule is CC(C)(C)C(=O)[C@@H](N)[C@H](O)[C@@H](N)C(=O)CN. The number of carbonyl (C=O) groups excluding carboxylic acids is 2. The van der Waals surface area contributed by atoms with Gasteiger partial charge in [0.15, 0.2) is 11.6 Å². The van der Waals surface area contributed by atoms with E-state index in [1.807, 2.05) is 0 Å². The average Bonchev–Trinajstić information content (AvgIpc) is 2.22. The molecule has 0 radical (unpaired) electrons. The van der Waals surface area contributed by atoms with Crippen molar-refractivity contribution in [3.63, 3.8) is 0 Å². The number of rotatable bonds is 5. The molecule has 0 aromatic carbocycles. The number of ketones is 2. The molecule has 0 aromatic heterocycles. The van der Waals surface area contributed by atoms with Gasteiger partial charge in [-0.15, -0.1) is 0 Å². The fourth-order valence-corrected chi connectivity index (χ4v) is 1.21. The molecule has 0 saturated carbocycles. The van der Waals surface area contributed by atoms with E-state index in [0.717, 1.165) is 0 Å². The van der Waals surface area contributed by atoms with E-state index in [2.05, 4.69) is 0 Å². The number of hydrogen-bond acceptors (Lipinski definition) is 6. The van der Waals surface area contributed by atoms with E-state index in [4.69, 9.17) is 17.2 Å². The minimum Gasteiger partial charge on any atom is -0.389 e. The molecule has 6 heteroatoms. The van der Waals surface area contributed by atoms with Gasteiger partial charge in [0.25, 0.3) is 0 Å². The van der Waals surface area contributed by atoms with Crippen LogP contribution < -0.4 is 17.2 Å². The van der Waals surface area contributed by atoms with Crippen molar-refractivity contribution in [3.8, 4) is 0 Å². The van der Waals surface area contributed by atoms with Crippen LogP contribution in [-0.4, -0.2) is 41.4 Å². The first kappa shape index (κ1) is 15.2. The van der Waals surface area contributed by atoms with E-state index in [1.54, 1.807) is 20.8 Å². The molecule has 7 N–H and O–H groups in total. The van der Waals surface area contributed by atoms with Gasteiger partial charge in [-0.1, -0.05) is 20.8 Å². The number of carbonyl (C=O) groups is 2. The molecule has 0 spiro atoms. The lowest BCUT2D eigenvalue weighted by Gasteiger charge is -2.27. The Bertz CT molecular complexity index is 273. The number of aliphatic hydroxyl groups excluding tert-OH is 1. The molecule has 0 aromatic rings. The molecular weight excluding hydrogens is 210 g/mol. The second-order valence-corrected chi connectivity index (χ2v) is 4.83. The maximum Gasteiger partial charge on any atom is 0.165 e. The van der Waals surface area contributed by atoms with Crippen LogP contribution in [0.3, 0.4) is 0 Å². The summed E-state index contributed by atoms with van der Waals surface area (Å²) in [7, 11) is 0. The van der Waals surface area contributed by atoms with Crippen LogP contribution in [0.2, 0.25) is 0 Å². The van der Waals surface area contributed by atoms with Gasteiger partial charge in [0, 0.05) is 5.41 Å². The van der Waals surface area contributed by atoms with E-state index in [-0.39, 0.29) is 12.3 Å². The van der Waals surface area contributed by atoms with E-state index >= 15 is 0 Å². The third-order valence-corrected chi connectivity index (χ3v) is 2.35. The minimum atomic E-state index is -1.40. The summed E-state index contributed by atoms with van der Waals surface area (Å²) in [4.78, 5) is 22.9. The van der Waals surface area contributed by atoms with Crippen LogP contribution in [0.5, 0.6) is 0 Å². The summed E-state index contributed by atoms with van der Waals surface area (Å²) in [6, 6.07) is -2.39. The smallest absolute Gasteiger partial charge is 0.165 e. The van der Waals surface area contributed by atoms with Gasteiger partial charge in [-0.2, -0.15) is 0 Å². The first-order chi connectivity index (χ1) is 7.12. The minimum absolute atomic E-state index is 0.283. The molecule has 0 unspecified atom stereocenters. The Morgan fingerprint density at radius 2 is 1.62 bits per heavy atom. The van der Waals surface area contributed by atoms with Gasteiger partial charge in [0.05, 0.1) is 24.7 Å². The molecule has 0 aliphatic heterocycles. The second kappa shape index (κ2) is 5.49. The lowest BCUT2D eigenvalue weighted by molar-refractivity contribution is -0.131. The van der Waals surface area contributed by atoms with E-state index in [0.29, 0.717) is 0 Å². The van der Waals surface area contributed by atoms with Gasteiger partial charge in [-0.25, -0.2) is 0 Å². The summed E-state index contributed by atoms with van der Waals surface area (Å²) in [6.45, 7) is 4.75. The average molecular weight is 231 g/mol. The van der Waals surface area contributed by atoms with Crippen molar-refractivity contribution in [2.45, 2.75) is 39.0 Å². The van der Waals surface area contributed by atoms with Crippen molar-refractivity contribution >= 4 is 11.6 Å². The Morgan fingerprint density at radius 3 is 1.94 bits per heavy atom. The van der Waals surface area contributed by atoms with Crippen molar-refractivity contribution in [2.75, 3.05) is 6.54 Å². The Hall–Kier alpha value is -0.820. The standard InChI is InChI=1S/C10H21N3O3/c1-10(2,3)9(16)7(13)8(15)6(12)5(14)4-11/h6-8,15H,4,11-13H2,1-3H3/t6-,7-,8+/m0/s1. The fourth-order valence-electron chi connectivity index (χ4n) is 1.21. The lowest BCUT2D eigenvalue weighted by atomic mass is 9.83. The molecule has 0 saturated heterocycles. The van der Waals surface area contributed by atoms with Gasteiger partial charge in [0.1, 0.15) is 0 Å². The zero-order valence-electron chi connectivity index (χ0n) is 9.93. The number of hydrogen-bond donors (Lipinski definition) is 4. The highest BCUT2D eigenvalue weighted by Crippen LogP contribution is 2.18. The first-order valence-electron chi connectivity index (χ1n) is 5.09. The van der Waals surface area contributed by atoms with Crippen LogP contribution >= 0.6 is 0 Å². The summed E-state index contributed by atoms with van der Waals surface area (Å²) in [6.07, 6.45) is -1.40. The Morgan fingerprint density at radius 1 is 1.19 bits per heavy atom. The number of Topliss-reactive ketones (excluding diaryl/α,β-unsaturated/α-hetero) is 2. The van der Waals surface area contributed by atoms with E-state index in [1.165, 1.54) is 0 Å². The molecule has 0 rings (SSSR count). The van der Waals surface area contributed by atoms with Gasteiger partial charge < -0.3 is 22.3 Å². The van der Waals surface area contributed by atoms with Crippen LogP contribution in [0, 0.1) is 5.41 Å². The van der Waals surface area contributed by atoms with Crippen LogP contribution in [0.25, 0.3) is 0 Å². The highest BCUT2D eigenvalue weighted by Gasteiger charge is 2.36. The van der Waals surface area contributed by atoms with Gasteiger partial charge in [-0.3, -0.25) is 9.59 Å². The largest absolute Gasteiger partial charge is 0.389 e. The van der Waals surface area contributed by atoms with Crippen LogP contribution in [0.1, 0.15) is 20.8 Å². The quantitative estimate of drug-likeness (QED) is 0.439. The van der Waals surface area contributed by atoms with Crippen molar-refractivity contribution < 1.29 is 14.7 Å². The molecule has 0 aliphatic carbocycles. The first-order valence-corrected chi connectivity index (χ1v) is 5.09. The summed E-state index contributed by atoms with van der Waals surface area (Å²) >= 11 is 0. The predicted octanol–water partition coefficient (Wildman–Crippen LogP) is -1.86. The molecule has 6 nitrogen and oxygen atoms in total. The normalized spacial score (nSPS) is 17.7. The highest BCUT2D eigenvalue weighted by atomic mass is 16.3. The summed E-state index contributed by atoms with van der Waals surface area (Å²) in [5.74, 6) is -0.870. The zero-order chi connectivity index (χ0) is 13.1. The predicted molar refractivity (Wildman–Crippen MR) is 60.5 cm³/mol. The number of aliphatic hydroxyl groups is 1. The van der Waals surface area contributed by atoms with Gasteiger partial charge in [0.2, 0.25) is 0 Å². The van der Waals surface area contributed by atoms with Gasteiger partial charge in [-0.05, 0) is 0 Å².